The number of hydrogen-bond acceptors (Lipinski definition) is 8. The fourth-order valence-corrected chi connectivity index (χ4v) is 7.78. The van der Waals surface area contributed by atoms with E-state index in [1.54, 1.807) is 78.7 Å². The van der Waals surface area contributed by atoms with Crippen molar-refractivity contribution in [3.8, 4) is 0 Å². The lowest BCUT2D eigenvalue weighted by molar-refractivity contribution is 0.399. The molecule has 6 rings (SSSR count). The molecule has 4 aromatic carbocycles. The molecular weight excluding hydrogens is 661 g/mol. The van der Waals surface area contributed by atoms with E-state index in [1.165, 1.54) is 14.9 Å². The van der Waals surface area contributed by atoms with Crippen molar-refractivity contribution in [2.24, 2.45) is 7.05 Å². The lowest BCUT2D eigenvalue weighted by Gasteiger charge is -2.21. The lowest BCUT2D eigenvalue weighted by Crippen LogP contribution is -2.33. The highest BCUT2D eigenvalue weighted by Gasteiger charge is 2.26. The summed E-state index contributed by atoms with van der Waals surface area (Å²) in [5.41, 5.74) is 2.17. The Bertz CT molecular complexity index is 2060. The van der Waals surface area contributed by atoms with Gasteiger partial charge in [-0.05, 0) is 48.2 Å². The van der Waals surface area contributed by atoms with Gasteiger partial charge in [0.05, 0.1) is 22.9 Å². The largest absolute Gasteiger partial charge is 0.262 e. The molecule has 2 heterocycles. The molecule has 12 nitrogen and oxygen atoms in total. The number of aromatic amines is 1. The number of hydrogen-bond donors (Lipinski definition) is 1. The zero-order valence-corrected chi connectivity index (χ0v) is 28.7. The molecule has 0 aliphatic rings. The van der Waals surface area contributed by atoms with Gasteiger partial charge in [0.15, 0.2) is 5.82 Å². The third kappa shape index (κ3) is 9.99. The van der Waals surface area contributed by atoms with Gasteiger partial charge in [-0.15, -0.1) is 0 Å². The molecule has 0 bridgehead atoms. The number of benzene rings is 4. The van der Waals surface area contributed by atoms with E-state index in [0.29, 0.717) is 37.6 Å². The Labute approximate surface area is 287 Å². The molecule has 1 N–H and O–H groups in total. The SMILES string of the molecule is Cn1cnc(CN(CCc2ccccc2)S(=O)(=O)c2ccccc2)n1.O=S(=O)(c1ccccc1)N(CCc1ccccc1)Cc1ncn[nH]1. The highest BCUT2D eigenvalue weighted by molar-refractivity contribution is 7.89. The van der Waals surface area contributed by atoms with Crippen LogP contribution in [0.2, 0.25) is 0 Å². The number of sulfonamides is 2. The van der Waals surface area contributed by atoms with Crippen molar-refractivity contribution in [1.82, 2.24) is 38.6 Å². The first kappa shape index (κ1) is 35.3. The monoisotopic (exact) mass is 698 g/mol. The first-order valence-corrected chi connectivity index (χ1v) is 18.5. The van der Waals surface area contributed by atoms with Crippen LogP contribution in [-0.2, 0) is 53.0 Å². The van der Waals surface area contributed by atoms with E-state index in [-0.39, 0.29) is 22.9 Å². The summed E-state index contributed by atoms with van der Waals surface area (Å²) >= 11 is 0. The highest BCUT2D eigenvalue weighted by atomic mass is 32.2. The predicted octanol–water partition coefficient (Wildman–Crippen LogP) is 4.49. The fourth-order valence-electron chi connectivity index (χ4n) is 4.94. The van der Waals surface area contributed by atoms with Crippen LogP contribution in [0.4, 0.5) is 0 Å². The number of nitrogens with zero attached hydrogens (tertiary/aromatic N) is 7. The number of H-pyrrole nitrogens is 1. The molecule has 14 heteroatoms. The van der Waals surface area contributed by atoms with Crippen LogP contribution in [0, 0.1) is 0 Å². The van der Waals surface area contributed by atoms with Crippen molar-refractivity contribution in [2.75, 3.05) is 13.1 Å². The van der Waals surface area contributed by atoms with E-state index >= 15 is 0 Å². The summed E-state index contributed by atoms with van der Waals surface area (Å²) in [5.74, 6) is 0.998. The summed E-state index contributed by atoms with van der Waals surface area (Å²) in [6.07, 6.45) is 4.19. The van der Waals surface area contributed by atoms with Crippen molar-refractivity contribution in [3.63, 3.8) is 0 Å². The van der Waals surface area contributed by atoms with Crippen LogP contribution in [0.5, 0.6) is 0 Å². The quantitative estimate of drug-likeness (QED) is 0.175. The van der Waals surface area contributed by atoms with Gasteiger partial charge < -0.3 is 0 Å². The van der Waals surface area contributed by atoms with E-state index < -0.39 is 20.0 Å². The predicted molar refractivity (Wildman–Crippen MR) is 186 cm³/mol. The van der Waals surface area contributed by atoms with Crippen molar-refractivity contribution in [2.45, 2.75) is 35.7 Å². The summed E-state index contributed by atoms with van der Waals surface area (Å²) in [6, 6.07) is 36.5. The Morgan fingerprint density at radius 2 is 1.06 bits per heavy atom. The van der Waals surface area contributed by atoms with Gasteiger partial charge in [0, 0.05) is 20.1 Å². The molecule has 0 saturated heterocycles. The number of rotatable bonds is 14. The van der Waals surface area contributed by atoms with Gasteiger partial charge in [-0.2, -0.15) is 18.8 Å². The maximum atomic E-state index is 13.0. The zero-order valence-electron chi connectivity index (χ0n) is 27.0. The molecule has 0 unspecified atom stereocenters. The van der Waals surface area contributed by atoms with Gasteiger partial charge in [-0.25, -0.2) is 26.8 Å². The van der Waals surface area contributed by atoms with Crippen molar-refractivity contribution in [1.29, 1.82) is 0 Å². The Kier molecular flexibility index (Phi) is 12.2. The second-order valence-electron chi connectivity index (χ2n) is 11.0. The summed E-state index contributed by atoms with van der Waals surface area (Å²) < 4.78 is 56.4. The average Bonchev–Trinajstić information content (AvgIpc) is 3.81. The molecule has 0 spiro atoms. The molecule has 0 radical (unpaired) electrons. The minimum absolute atomic E-state index is 0.144. The van der Waals surface area contributed by atoms with E-state index in [2.05, 4.69) is 25.3 Å². The van der Waals surface area contributed by atoms with Crippen molar-refractivity contribution < 1.29 is 16.8 Å². The first-order chi connectivity index (χ1) is 23.7. The minimum Gasteiger partial charge on any atom is -0.262 e. The molecule has 0 amide bonds. The topological polar surface area (TPSA) is 147 Å². The Morgan fingerprint density at radius 3 is 1.47 bits per heavy atom. The van der Waals surface area contributed by atoms with E-state index in [9.17, 15) is 16.8 Å². The number of nitrogens with one attached hydrogen (secondary N) is 1. The van der Waals surface area contributed by atoms with E-state index in [4.69, 9.17) is 0 Å². The van der Waals surface area contributed by atoms with Gasteiger partial charge in [-0.1, -0.05) is 97.1 Å². The highest BCUT2D eigenvalue weighted by Crippen LogP contribution is 2.19. The Balaban J connectivity index is 0.000000191. The van der Waals surface area contributed by atoms with Crippen LogP contribution in [0.25, 0.3) is 0 Å². The molecule has 0 fully saturated rings. The third-order valence-electron chi connectivity index (χ3n) is 7.50. The van der Waals surface area contributed by atoms with Gasteiger partial charge in [-0.3, -0.25) is 9.78 Å². The van der Waals surface area contributed by atoms with Gasteiger partial charge >= 0.3 is 0 Å². The molecule has 0 aliphatic carbocycles. The normalized spacial score (nSPS) is 11.7. The standard InChI is InChI=1S/C18H20N4O2S.C17H18N4O2S/c1-21-15-19-18(20-21)14-22(13-12-16-8-4-2-5-9-16)25(23,24)17-10-6-3-7-11-17;22-24(23,16-9-5-2-6-10-16)21(13-17-18-14-19-20-17)12-11-15-7-3-1-4-8-15/h2-11,15H,12-14H2,1H3;1-10,14H,11-13H2,(H,18,19,20). The first-order valence-electron chi connectivity index (χ1n) is 15.6. The molecule has 0 saturated carbocycles. The van der Waals surface area contributed by atoms with Crippen LogP contribution in [-0.4, -0.2) is 68.5 Å². The summed E-state index contributed by atoms with van der Waals surface area (Å²) in [6.45, 7) is 1.02. The fraction of sp³-hybridized carbons (Fsp3) is 0.200. The molecule has 6 aromatic rings. The van der Waals surface area contributed by atoms with Crippen LogP contribution in [0.1, 0.15) is 22.8 Å². The molecule has 49 heavy (non-hydrogen) atoms. The maximum absolute atomic E-state index is 13.0. The van der Waals surface area contributed by atoms with Gasteiger partial charge in [0.25, 0.3) is 0 Å². The second-order valence-corrected chi connectivity index (χ2v) is 14.9. The molecule has 2 aromatic heterocycles. The number of aryl methyl sites for hydroxylation is 1. The Morgan fingerprint density at radius 1 is 0.612 bits per heavy atom. The van der Waals surface area contributed by atoms with Crippen LogP contribution < -0.4 is 0 Å². The average molecular weight is 699 g/mol. The zero-order chi connectivity index (χ0) is 34.5. The third-order valence-corrected chi connectivity index (χ3v) is 11.2. The smallest absolute Gasteiger partial charge is 0.243 e. The summed E-state index contributed by atoms with van der Waals surface area (Å²) in [5, 5.41) is 10.7. The maximum Gasteiger partial charge on any atom is 0.243 e. The van der Waals surface area contributed by atoms with Gasteiger partial charge in [0.2, 0.25) is 20.0 Å². The van der Waals surface area contributed by atoms with Crippen LogP contribution in [0.3, 0.4) is 0 Å². The second kappa shape index (κ2) is 16.9. The minimum atomic E-state index is -3.62. The van der Waals surface area contributed by atoms with Gasteiger partial charge in [0.1, 0.15) is 18.5 Å². The van der Waals surface area contributed by atoms with E-state index in [1.807, 2.05) is 60.7 Å². The summed E-state index contributed by atoms with van der Waals surface area (Å²) in [4.78, 5) is 8.76. The van der Waals surface area contributed by atoms with Crippen molar-refractivity contribution in [3.05, 3.63) is 157 Å². The molecule has 254 valence electrons. The molecule has 0 aliphatic heterocycles. The molecular formula is C35H38N8O4S2. The number of aromatic nitrogens is 6. The van der Waals surface area contributed by atoms with Crippen molar-refractivity contribution >= 4 is 20.0 Å². The van der Waals surface area contributed by atoms with E-state index in [0.717, 1.165) is 11.1 Å². The molecule has 0 atom stereocenters. The summed E-state index contributed by atoms with van der Waals surface area (Å²) in [7, 11) is -5.46. The van der Waals surface area contributed by atoms with Crippen LogP contribution >= 0.6 is 0 Å². The lowest BCUT2D eigenvalue weighted by atomic mass is 10.1. The van der Waals surface area contributed by atoms with Crippen LogP contribution in [0.15, 0.2) is 144 Å². The Hall–Kier alpha value is -5.02.